The summed E-state index contributed by atoms with van der Waals surface area (Å²) in [5.74, 6) is 0.981. The first-order valence-electron chi connectivity index (χ1n) is 4.77. The van der Waals surface area contributed by atoms with Crippen LogP contribution in [0.2, 0.25) is 0 Å². The number of phosphoric ester groups is 1. The van der Waals surface area contributed by atoms with Crippen LogP contribution in [0.1, 0.15) is 6.92 Å². The van der Waals surface area contributed by atoms with Gasteiger partial charge in [-0.15, -0.1) is 0 Å². The Balaban J connectivity index is 2.81. The summed E-state index contributed by atoms with van der Waals surface area (Å²) in [6.07, 6.45) is 0. The molecule has 1 rings (SSSR count). The Morgan fingerprint density at radius 2 is 1.94 bits per heavy atom. The molecule has 1 unspecified atom stereocenters. The van der Waals surface area contributed by atoms with E-state index in [1.54, 1.807) is 31.2 Å². The molecule has 1 atom stereocenters. The third-order valence-corrected chi connectivity index (χ3v) is 3.23. The predicted octanol–water partition coefficient (Wildman–Crippen LogP) is 2.87. The minimum atomic E-state index is -3.51. The van der Waals surface area contributed by atoms with Crippen LogP contribution in [0.3, 0.4) is 0 Å². The molecule has 0 aromatic heterocycles. The summed E-state index contributed by atoms with van der Waals surface area (Å²) in [6.45, 7) is 1.95. The lowest BCUT2D eigenvalue weighted by atomic mass is 10.3. The highest BCUT2D eigenvalue weighted by molar-refractivity contribution is 7.48. The lowest BCUT2D eigenvalue weighted by Gasteiger charge is -2.15. The Hall–Kier alpha value is -1.03. The van der Waals surface area contributed by atoms with Crippen molar-refractivity contribution in [2.45, 2.75) is 6.92 Å². The number of benzene rings is 1. The quantitative estimate of drug-likeness (QED) is 0.722. The lowest BCUT2D eigenvalue weighted by Crippen LogP contribution is -2.00. The second-order valence-electron chi connectivity index (χ2n) is 2.82. The second kappa shape index (κ2) is 5.89. The van der Waals surface area contributed by atoms with Gasteiger partial charge in [0.25, 0.3) is 0 Å². The van der Waals surface area contributed by atoms with E-state index in [1.807, 2.05) is 0 Å². The summed E-state index contributed by atoms with van der Waals surface area (Å²) in [6, 6.07) is 6.73. The maximum Gasteiger partial charge on any atom is 0.529 e. The fourth-order valence-corrected chi connectivity index (χ4v) is 1.98. The molecular weight excluding hydrogens is 231 g/mol. The summed E-state index contributed by atoms with van der Waals surface area (Å²) >= 11 is 0. The van der Waals surface area contributed by atoms with Crippen molar-refractivity contribution >= 4 is 7.82 Å². The van der Waals surface area contributed by atoms with Crippen LogP contribution >= 0.6 is 7.82 Å². The monoisotopic (exact) mass is 246 g/mol. The fourth-order valence-electron chi connectivity index (χ4n) is 1.06. The molecule has 6 heteroatoms. The van der Waals surface area contributed by atoms with Gasteiger partial charge in [0.05, 0.1) is 13.7 Å². The molecule has 0 heterocycles. The van der Waals surface area contributed by atoms with Crippen molar-refractivity contribution in [3.8, 4) is 11.5 Å². The van der Waals surface area contributed by atoms with Crippen LogP contribution in [0.5, 0.6) is 11.5 Å². The molecule has 0 fully saturated rings. The third kappa shape index (κ3) is 3.52. The molecule has 16 heavy (non-hydrogen) atoms. The molecule has 0 aliphatic heterocycles. The van der Waals surface area contributed by atoms with Crippen LogP contribution < -0.4 is 9.26 Å². The SMILES string of the molecule is CCOP(=O)(OC)Oc1cccc(OC)c1. The van der Waals surface area contributed by atoms with Crippen LogP contribution in [0.15, 0.2) is 24.3 Å². The van der Waals surface area contributed by atoms with Crippen molar-refractivity contribution in [3.05, 3.63) is 24.3 Å². The molecule has 0 spiro atoms. The summed E-state index contributed by atoms with van der Waals surface area (Å²) in [7, 11) is -0.694. The molecule has 1 aromatic carbocycles. The van der Waals surface area contributed by atoms with Crippen molar-refractivity contribution in [1.29, 1.82) is 0 Å². The topological polar surface area (TPSA) is 54.0 Å². The van der Waals surface area contributed by atoms with E-state index in [-0.39, 0.29) is 6.61 Å². The van der Waals surface area contributed by atoms with Crippen LogP contribution in [0.25, 0.3) is 0 Å². The van der Waals surface area contributed by atoms with E-state index in [4.69, 9.17) is 18.3 Å². The second-order valence-corrected chi connectivity index (χ2v) is 4.52. The number of methoxy groups -OCH3 is 1. The molecule has 1 aromatic rings. The Morgan fingerprint density at radius 1 is 1.25 bits per heavy atom. The van der Waals surface area contributed by atoms with Crippen LogP contribution in [0, 0.1) is 0 Å². The summed E-state index contributed by atoms with van der Waals surface area (Å²) in [5, 5.41) is 0. The average molecular weight is 246 g/mol. The highest BCUT2D eigenvalue weighted by Crippen LogP contribution is 2.48. The zero-order valence-electron chi connectivity index (χ0n) is 9.50. The number of phosphoric acid groups is 1. The molecule has 0 saturated heterocycles. The van der Waals surface area contributed by atoms with Crippen molar-refractivity contribution in [3.63, 3.8) is 0 Å². The maximum atomic E-state index is 11.8. The summed E-state index contributed by atoms with van der Waals surface area (Å²) in [4.78, 5) is 0. The van der Waals surface area contributed by atoms with Gasteiger partial charge in [0, 0.05) is 13.2 Å². The average Bonchev–Trinajstić information content (AvgIpc) is 2.29. The Bertz CT molecular complexity index is 379. The van der Waals surface area contributed by atoms with Gasteiger partial charge >= 0.3 is 7.82 Å². The first-order valence-corrected chi connectivity index (χ1v) is 6.23. The van der Waals surface area contributed by atoms with Crippen molar-refractivity contribution in [2.75, 3.05) is 20.8 Å². The van der Waals surface area contributed by atoms with Crippen LogP contribution in [-0.4, -0.2) is 20.8 Å². The van der Waals surface area contributed by atoms with Crippen LogP contribution in [0.4, 0.5) is 0 Å². The predicted molar refractivity (Wildman–Crippen MR) is 59.9 cm³/mol. The number of rotatable bonds is 6. The normalized spacial score (nSPS) is 14.2. The molecule has 0 aliphatic rings. The molecule has 0 amide bonds. The number of ether oxygens (including phenoxy) is 1. The van der Waals surface area contributed by atoms with E-state index in [0.717, 1.165) is 0 Å². The first kappa shape index (κ1) is 13.0. The standard InChI is InChI=1S/C10H15O5P/c1-4-14-16(11,13-3)15-10-7-5-6-9(8-10)12-2/h5-8H,4H2,1-3H3. The molecule has 0 radical (unpaired) electrons. The van der Waals surface area contributed by atoms with E-state index in [0.29, 0.717) is 11.5 Å². The molecule has 0 N–H and O–H groups in total. The zero-order chi connectivity index (χ0) is 12.0. The Kier molecular flexibility index (Phi) is 4.80. The van der Waals surface area contributed by atoms with Gasteiger partial charge in [-0.05, 0) is 19.1 Å². The van der Waals surface area contributed by atoms with Crippen LogP contribution in [-0.2, 0) is 13.6 Å². The number of hydrogen-bond acceptors (Lipinski definition) is 5. The van der Waals surface area contributed by atoms with Gasteiger partial charge in [-0.2, -0.15) is 0 Å². The van der Waals surface area contributed by atoms with Gasteiger partial charge in [0.15, 0.2) is 0 Å². The highest BCUT2D eigenvalue weighted by atomic mass is 31.2. The van der Waals surface area contributed by atoms with Crippen molar-refractivity contribution in [1.82, 2.24) is 0 Å². The molecule has 0 saturated carbocycles. The van der Waals surface area contributed by atoms with Gasteiger partial charge in [-0.1, -0.05) is 6.07 Å². The minimum Gasteiger partial charge on any atom is -0.497 e. The van der Waals surface area contributed by atoms with E-state index < -0.39 is 7.82 Å². The number of hydrogen-bond donors (Lipinski definition) is 0. The molecular formula is C10H15O5P. The summed E-state index contributed by atoms with van der Waals surface area (Å²) < 4.78 is 31.7. The third-order valence-electron chi connectivity index (χ3n) is 1.77. The Labute approximate surface area is 94.9 Å². The van der Waals surface area contributed by atoms with Gasteiger partial charge < -0.3 is 9.26 Å². The summed E-state index contributed by atoms with van der Waals surface area (Å²) in [5.41, 5.74) is 0. The van der Waals surface area contributed by atoms with Gasteiger partial charge in [-0.3, -0.25) is 9.05 Å². The molecule has 0 bridgehead atoms. The molecule has 90 valence electrons. The first-order chi connectivity index (χ1) is 7.63. The minimum absolute atomic E-state index is 0.245. The smallest absolute Gasteiger partial charge is 0.497 e. The van der Waals surface area contributed by atoms with E-state index >= 15 is 0 Å². The highest BCUT2D eigenvalue weighted by Gasteiger charge is 2.25. The van der Waals surface area contributed by atoms with E-state index in [1.165, 1.54) is 14.2 Å². The van der Waals surface area contributed by atoms with Gasteiger partial charge in [0.1, 0.15) is 11.5 Å². The zero-order valence-corrected chi connectivity index (χ0v) is 10.4. The lowest BCUT2D eigenvalue weighted by molar-refractivity contribution is 0.187. The molecule has 0 aliphatic carbocycles. The fraction of sp³-hybridized carbons (Fsp3) is 0.400. The van der Waals surface area contributed by atoms with E-state index in [2.05, 4.69) is 0 Å². The van der Waals surface area contributed by atoms with Gasteiger partial charge in [0.2, 0.25) is 0 Å². The molecule has 5 nitrogen and oxygen atoms in total. The van der Waals surface area contributed by atoms with E-state index in [9.17, 15) is 4.57 Å². The van der Waals surface area contributed by atoms with Crippen molar-refractivity contribution in [2.24, 2.45) is 0 Å². The Morgan fingerprint density at radius 3 is 2.50 bits per heavy atom. The van der Waals surface area contributed by atoms with Crippen molar-refractivity contribution < 1.29 is 22.9 Å². The largest absolute Gasteiger partial charge is 0.529 e. The maximum absolute atomic E-state index is 11.8. The van der Waals surface area contributed by atoms with Gasteiger partial charge in [-0.25, -0.2) is 4.57 Å².